The van der Waals surface area contributed by atoms with Crippen LogP contribution in [0.15, 0.2) is 42.5 Å². The molecule has 0 radical (unpaired) electrons. The van der Waals surface area contributed by atoms with E-state index in [4.69, 9.17) is 4.74 Å². The molecule has 0 aliphatic carbocycles. The number of esters is 1. The Labute approximate surface area is 169 Å². The van der Waals surface area contributed by atoms with E-state index in [9.17, 15) is 33.3 Å². The topological polar surface area (TPSA) is 128 Å². The van der Waals surface area contributed by atoms with Crippen molar-refractivity contribution in [2.75, 3.05) is 18.5 Å². The monoisotopic (exact) mass is 421 g/mol. The van der Waals surface area contributed by atoms with Gasteiger partial charge >= 0.3 is 5.97 Å². The van der Waals surface area contributed by atoms with Crippen molar-refractivity contribution in [3.63, 3.8) is 0 Å². The molecule has 0 heterocycles. The number of nitrogens with zero attached hydrogens (tertiary/aromatic N) is 1. The Balaban J connectivity index is 1.65. The van der Waals surface area contributed by atoms with Gasteiger partial charge in [0.25, 0.3) is 17.5 Å². The molecule has 0 aliphatic rings. The van der Waals surface area contributed by atoms with Crippen molar-refractivity contribution in [2.24, 2.45) is 0 Å². The number of carbonyl (C=O) groups excluding carboxylic acids is 3. The lowest BCUT2D eigenvalue weighted by Gasteiger charge is -2.08. The molecule has 0 bridgehead atoms. The number of halogens is 2. The number of nitro benzene ring substituents is 1. The predicted molar refractivity (Wildman–Crippen MR) is 101 cm³/mol. The molecule has 0 aliphatic heterocycles. The van der Waals surface area contributed by atoms with Gasteiger partial charge in [0, 0.05) is 36.9 Å². The van der Waals surface area contributed by atoms with Crippen LogP contribution < -0.4 is 10.6 Å². The van der Waals surface area contributed by atoms with Crippen molar-refractivity contribution in [3.8, 4) is 0 Å². The van der Waals surface area contributed by atoms with E-state index in [1.807, 2.05) is 0 Å². The van der Waals surface area contributed by atoms with Gasteiger partial charge in [0.05, 0.1) is 10.5 Å². The first-order valence-corrected chi connectivity index (χ1v) is 8.69. The first-order chi connectivity index (χ1) is 14.3. The molecule has 0 spiro atoms. The second-order valence-corrected chi connectivity index (χ2v) is 6.00. The zero-order valence-corrected chi connectivity index (χ0v) is 15.5. The average Bonchev–Trinajstić information content (AvgIpc) is 2.70. The lowest BCUT2D eigenvalue weighted by atomic mass is 10.2. The molecule has 9 nitrogen and oxygen atoms in total. The van der Waals surface area contributed by atoms with Crippen molar-refractivity contribution in [1.82, 2.24) is 5.32 Å². The number of rotatable bonds is 9. The third-order valence-electron chi connectivity index (χ3n) is 3.75. The Bertz CT molecular complexity index is 950. The largest absolute Gasteiger partial charge is 0.456 e. The second-order valence-electron chi connectivity index (χ2n) is 6.00. The number of amides is 2. The normalized spacial score (nSPS) is 10.2. The smallest absolute Gasteiger partial charge is 0.306 e. The van der Waals surface area contributed by atoms with Crippen LogP contribution in [0.3, 0.4) is 0 Å². The zero-order chi connectivity index (χ0) is 22.1. The van der Waals surface area contributed by atoms with E-state index in [1.165, 1.54) is 24.3 Å². The number of anilines is 1. The van der Waals surface area contributed by atoms with Crippen molar-refractivity contribution in [2.45, 2.75) is 12.8 Å². The molecular weight excluding hydrogens is 404 g/mol. The van der Waals surface area contributed by atoms with E-state index >= 15 is 0 Å². The van der Waals surface area contributed by atoms with Gasteiger partial charge in [-0.15, -0.1) is 0 Å². The summed E-state index contributed by atoms with van der Waals surface area (Å²) in [5.41, 5.74) is -0.145. The third-order valence-corrected chi connectivity index (χ3v) is 3.75. The van der Waals surface area contributed by atoms with E-state index in [-0.39, 0.29) is 30.6 Å². The van der Waals surface area contributed by atoms with E-state index in [1.54, 1.807) is 0 Å². The molecule has 2 amide bonds. The lowest BCUT2D eigenvalue weighted by Crippen LogP contribution is -2.26. The van der Waals surface area contributed by atoms with Crippen LogP contribution in [0.4, 0.5) is 20.2 Å². The summed E-state index contributed by atoms with van der Waals surface area (Å²) in [6.07, 6.45) is 0.0777. The van der Waals surface area contributed by atoms with Gasteiger partial charge in [-0.2, -0.15) is 0 Å². The number of non-ortho nitro benzene ring substituents is 1. The highest BCUT2D eigenvalue weighted by atomic mass is 19.1. The molecule has 2 N–H and O–H groups in total. The first-order valence-electron chi connectivity index (χ1n) is 8.69. The van der Waals surface area contributed by atoms with Gasteiger partial charge < -0.3 is 15.4 Å². The maximum absolute atomic E-state index is 13.5. The third kappa shape index (κ3) is 6.93. The molecule has 11 heteroatoms. The molecular formula is C19H17F2N3O6. The van der Waals surface area contributed by atoms with Crippen molar-refractivity contribution >= 4 is 29.2 Å². The fraction of sp³-hybridized carbons (Fsp3) is 0.211. The van der Waals surface area contributed by atoms with Crippen molar-refractivity contribution in [3.05, 3.63) is 69.8 Å². The molecule has 0 atom stereocenters. The minimum absolute atomic E-state index is 0.0414. The number of nitrogens with one attached hydrogen (secondary N) is 2. The fourth-order valence-electron chi connectivity index (χ4n) is 2.29. The zero-order valence-electron chi connectivity index (χ0n) is 15.5. The average molecular weight is 421 g/mol. The van der Waals surface area contributed by atoms with Crippen LogP contribution in [0.5, 0.6) is 0 Å². The number of hydrogen-bond donors (Lipinski definition) is 2. The van der Waals surface area contributed by atoms with E-state index in [0.717, 1.165) is 12.1 Å². The second kappa shape index (κ2) is 10.6. The van der Waals surface area contributed by atoms with Crippen LogP contribution in [-0.2, 0) is 14.3 Å². The highest BCUT2D eigenvalue weighted by molar-refractivity contribution is 5.94. The summed E-state index contributed by atoms with van der Waals surface area (Å²) in [6.45, 7) is -0.511. The number of nitro groups is 1. The Morgan fingerprint density at radius 2 is 1.77 bits per heavy atom. The molecule has 0 aromatic heterocycles. The highest BCUT2D eigenvalue weighted by Crippen LogP contribution is 2.15. The summed E-state index contributed by atoms with van der Waals surface area (Å²) in [5, 5.41) is 15.4. The minimum Gasteiger partial charge on any atom is -0.456 e. The van der Waals surface area contributed by atoms with E-state index in [0.29, 0.717) is 11.8 Å². The highest BCUT2D eigenvalue weighted by Gasteiger charge is 2.13. The predicted octanol–water partition coefficient (Wildman–Crippen LogP) is 2.56. The molecule has 0 unspecified atom stereocenters. The molecule has 2 rings (SSSR count). The van der Waals surface area contributed by atoms with Gasteiger partial charge in [0.2, 0.25) is 0 Å². The molecule has 30 heavy (non-hydrogen) atoms. The van der Waals surface area contributed by atoms with E-state index in [2.05, 4.69) is 10.6 Å². The van der Waals surface area contributed by atoms with Gasteiger partial charge in [-0.3, -0.25) is 24.5 Å². The Morgan fingerprint density at radius 3 is 2.40 bits per heavy atom. The summed E-state index contributed by atoms with van der Waals surface area (Å²) >= 11 is 0. The maximum Gasteiger partial charge on any atom is 0.306 e. The van der Waals surface area contributed by atoms with Gasteiger partial charge in [-0.25, -0.2) is 8.78 Å². The SMILES string of the molecule is O=C(COC(=O)CCCNC(=O)c1ccc(F)cc1F)Nc1ccc([N+](=O)[O-])cc1. The van der Waals surface area contributed by atoms with E-state index < -0.39 is 40.9 Å². The van der Waals surface area contributed by atoms with Gasteiger partial charge in [0.1, 0.15) is 11.6 Å². The Hall–Kier alpha value is -3.89. The quantitative estimate of drug-likeness (QED) is 0.277. The van der Waals surface area contributed by atoms with Crippen LogP contribution in [0, 0.1) is 21.7 Å². The molecule has 0 saturated carbocycles. The Morgan fingerprint density at radius 1 is 1.07 bits per heavy atom. The summed E-state index contributed by atoms with van der Waals surface area (Å²) in [6, 6.07) is 7.67. The van der Waals surface area contributed by atoms with Crippen LogP contribution in [0.2, 0.25) is 0 Å². The number of carbonyl (C=O) groups is 3. The van der Waals surface area contributed by atoms with Crippen molar-refractivity contribution in [1.29, 1.82) is 0 Å². The summed E-state index contributed by atoms with van der Waals surface area (Å²) < 4.78 is 31.1. The number of ether oxygens (including phenoxy) is 1. The minimum atomic E-state index is -0.994. The van der Waals surface area contributed by atoms with Crippen LogP contribution >= 0.6 is 0 Å². The van der Waals surface area contributed by atoms with Gasteiger partial charge in [-0.05, 0) is 30.7 Å². The standard InChI is InChI=1S/C19H17F2N3O6/c20-12-3-8-15(16(21)10-12)19(27)22-9-1-2-18(26)30-11-17(25)23-13-4-6-14(7-5-13)24(28)29/h3-8,10H,1-2,9,11H2,(H,22,27)(H,23,25). The van der Waals surface area contributed by atoms with Gasteiger partial charge in [0.15, 0.2) is 6.61 Å². The number of benzene rings is 2. The maximum atomic E-state index is 13.5. The lowest BCUT2D eigenvalue weighted by molar-refractivity contribution is -0.384. The number of hydrogen-bond acceptors (Lipinski definition) is 6. The van der Waals surface area contributed by atoms with Crippen LogP contribution in [-0.4, -0.2) is 35.9 Å². The summed E-state index contributed by atoms with van der Waals surface area (Å²) in [4.78, 5) is 45.1. The van der Waals surface area contributed by atoms with Gasteiger partial charge in [-0.1, -0.05) is 0 Å². The van der Waals surface area contributed by atoms with Crippen LogP contribution in [0.1, 0.15) is 23.2 Å². The summed E-state index contributed by atoms with van der Waals surface area (Å²) in [7, 11) is 0. The van der Waals surface area contributed by atoms with Crippen molar-refractivity contribution < 1.29 is 32.8 Å². The molecule has 2 aromatic carbocycles. The molecule has 2 aromatic rings. The molecule has 158 valence electrons. The summed E-state index contributed by atoms with van der Waals surface area (Å²) in [5.74, 6) is -3.85. The fourth-order valence-corrected chi connectivity index (χ4v) is 2.29. The first kappa shape index (κ1) is 22.4. The molecule has 0 saturated heterocycles. The molecule has 0 fully saturated rings. The van der Waals surface area contributed by atoms with Crippen LogP contribution in [0.25, 0.3) is 0 Å². The Kier molecular flexibility index (Phi) is 7.91.